The zero-order valence-corrected chi connectivity index (χ0v) is 11.4. The van der Waals surface area contributed by atoms with Crippen LogP contribution in [0.4, 0.5) is 5.82 Å². The van der Waals surface area contributed by atoms with Crippen LogP contribution in [-0.2, 0) is 4.79 Å². The Bertz CT molecular complexity index is 668. The van der Waals surface area contributed by atoms with Crippen LogP contribution in [0.3, 0.4) is 0 Å². The molecule has 0 atom stereocenters. The zero-order valence-electron chi connectivity index (χ0n) is 11.4. The fourth-order valence-corrected chi connectivity index (χ4v) is 1.51. The van der Waals surface area contributed by atoms with E-state index in [9.17, 15) is 9.59 Å². The second-order valence-electron chi connectivity index (χ2n) is 5.02. The molecule has 1 amide bonds. The minimum Gasteiger partial charge on any atom is -0.310 e. The topological polar surface area (TPSA) is 92.1 Å². The Balaban J connectivity index is 2.53. The number of hydrogen-bond donors (Lipinski definition) is 2. The Morgan fingerprint density at radius 2 is 2.05 bits per heavy atom. The van der Waals surface area contributed by atoms with Gasteiger partial charge in [0.15, 0.2) is 5.82 Å². The van der Waals surface area contributed by atoms with Crippen molar-refractivity contribution in [2.24, 2.45) is 5.92 Å². The molecule has 2 heterocycles. The summed E-state index contributed by atoms with van der Waals surface area (Å²) in [6.45, 7) is 7.47. The Morgan fingerprint density at radius 1 is 1.37 bits per heavy atom. The monoisotopic (exact) mass is 263 g/mol. The van der Waals surface area contributed by atoms with Gasteiger partial charge in [0.25, 0.3) is 5.56 Å². The van der Waals surface area contributed by atoms with Gasteiger partial charge < -0.3 is 5.32 Å². The van der Waals surface area contributed by atoms with E-state index in [1.54, 1.807) is 13.8 Å². The lowest BCUT2D eigenvalue weighted by Gasteiger charge is -2.08. The average molecular weight is 263 g/mol. The molecule has 0 saturated carbocycles. The van der Waals surface area contributed by atoms with Crippen LogP contribution in [0.1, 0.15) is 39.4 Å². The molecule has 0 aliphatic rings. The maximum absolute atomic E-state index is 11.7. The van der Waals surface area contributed by atoms with Gasteiger partial charge in [0, 0.05) is 17.9 Å². The van der Waals surface area contributed by atoms with Gasteiger partial charge in [-0.25, -0.2) is 0 Å². The summed E-state index contributed by atoms with van der Waals surface area (Å²) in [5.74, 6) is 1.06. The first-order valence-corrected chi connectivity index (χ1v) is 6.19. The zero-order chi connectivity index (χ0) is 14.2. The van der Waals surface area contributed by atoms with Gasteiger partial charge >= 0.3 is 0 Å². The third kappa shape index (κ3) is 2.64. The van der Waals surface area contributed by atoms with Gasteiger partial charge in [-0.2, -0.15) is 9.50 Å². The number of H-pyrrole nitrogens is 1. The van der Waals surface area contributed by atoms with Crippen molar-refractivity contribution in [2.75, 3.05) is 5.32 Å². The van der Waals surface area contributed by atoms with Gasteiger partial charge in [-0.05, 0) is 0 Å². The molecule has 19 heavy (non-hydrogen) atoms. The summed E-state index contributed by atoms with van der Waals surface area (Å²) < 4.78 is 1.44. The molecule has 7 heteroatoms. The number of carbonyl (C=O) groups excluding carboxylic acids is 1. The van der Waals surface area contributed by atoms with Gasteiger partial charge in [0.05, 0.1) is 0 Å². The minimum atomic E-state index is -0.325. The quantitative estimate of drug-likeness (QED) is 0.868. The minimum absolute atomic E-state index is 0.136. The molecule has 0 bridgehead atoms. The molecule has 0 saturated heterocycles. The maximum Gasteiger partial charge on any atom is 0.254 e. The molecule has 0 spiro atoms. The molecule has 0 radical (unpaired) electrons. The number of nitrogens with one attached hydrogen (secondary N) is 2. The van der Waals surface area contributed by atoms with Crippen molar-refractivity contribution in [1.29, 1.82) is 0 Å². The molecule has 7 nitrogen and oxygen atoms in total. The van der Waals surface area contributed by atoms with Crippen molar-refractivity contribution in [2.45, 2.75) is 33.6 Å². The van der Waals surface area contributed by atoms with Gasteiger partial charge in [-0.1, -0.05) is 27.7 Å². The number of rotatable bonds is 3. The molecule has 2 aromatic rings. The van der Waals surface area contributed by atoms with Gasteiger partial charge in [-0.15, -0.1) is 5.10 Å². The summed E-state index contributed by atoms with van der Waals surface area (Å²) in [5, 5.41) is 6.97. The number of nitrogens with zero attached hydrogens (tertiary/aromatic N) is 3. The number of aromatic amines is 1. The van der Waals surface area contributed by atoms with Crippen LogP contribution in [0.25, 0.3) is 5.78 Å². The first kappa shape index (κ1) is 13.3. The van der Waals surface area contributed by atoms with Gasteiger partial charge in [0.1, 0.15) is 5.82 Å². The first-order valence-electron chi connectivity index (χ1n) is 6.19. The third-order valence-corrected chi connectivity index (χ3v) is 2.65. The number of carbonyl (C=O) groups is 1. The smallest absolute Gasteiger partial charge is 0.254 e. The van der Waals surface area contributed by atoms with Crippen LogP contribution in [0, 0.1) is 5.92 Å². The van der Waals surface area contributed by atoms with Crippen LogP contribution in [0.5, 0.6) is 0 Å². The lowest BCUT2D eigenvalue weighted by atomic mass is 10.2. The standard InChI is InChI=1S/C12H17N5O2/c1-6(2)10-15-12-14-9(18)5-8(17(12)16-10)13-11(19)7(3)4/h5-7H,1-4H3,(H,13,19)(H,14,15,16,18). The summed E-state index contributed by atoms with van der Waals surface area (Å²) >= 11 is 0. The van der Waals surface area contributed by atoms with Crippen LogP contribution < -0.4 is 10.9 Å². The lowest BCUT2D eigenvalue weighted by Crippen LogP contribution is -2.22. The molecule has 2 aromatic heterocycles. The van der Waals surface area contributed by atoms with Crippen molar-refractivity contribution >= 4 is 17.5 Å². The second-order valence-corrected chi connectivity index (χ2v) is 5.02. The van der Waals surface area contributed by atoms with Crippen molar-refractivity contribution in [3.8, 4) is 0 Å². The first-order chi connectivity index (χ1) is 8.88. The molecule has 0 aromatic carbocycles. The molecule has 2 N–H and O–H groups in total. The number of fused-ring (bicyclic) bond motifs is 1. The normalized spacial score (nSPS) is 11.5. The number of amides is 1. The van der Waals surface area contributed by atoms with Crippen LogP contribution >= 0.6 is 0 Å². The Hall–Kier alpha value is -2.18. The van der Waals surface area contributed by atoms with Crippen LogP contribution in [-0.4, -0.2) is 25.5 Å². The van der Waals surface area contributed by atoms with E-state index in [2.05, 4.69) is 20.4 Å². The summed E-state index contributed by atoms with van der Waals surface area (Å²) in [5.41, 5.74) is -0.325. The van der Waals surface area contributed by atoms with Crippen LogP contribution in [0.15, 0.2) is 10.9 Å². The fraction of sp³-hybridized carbons (Fsp3) is 0.500. The van der Waals surface area contributed by atoms with E-state index in [4.69, 9.17) is 0 Å². The van der Waals surface area contributed by atoms with E-state index < -0.39 is 0 Å². The van der Waals surface area contributed by atoms with Crippen molar-refractivity contribution < 1.29 is 4.79 Å². The second kappa shape index (κ2) is 4.83. The van der Waals surface area contributed by atoms with E-state index >= 15 is 0 Å². The average Bonchev–Trinajstić information content (AvgIpc) is 2.72. The van der Waals surface area contributed by atoms with Crippen molar-refractivity contribution in [3.63, 3.8) is 0 Å². The van der Waals surface area contributed by atoms with Gasteiger partial charge in [-0.3, -0.25) is 14.6 Å². The fourth-order valence-electron chi connectivity index (χ4n) is 1.51. The van der Waals surface area contributed by atoms with E-state index in [1.807, 2.05) is 13.8 Å². The summed E-state index contributed by atoms with van der Waals surface area (Å²) in [6, 6.07) is 1.30. The molecular formula is C12H17N5O2. The Labute approximate surface area is 110 Å². The molecular weight excluding hydrogens is 246 g/mol. The number of anilines is 1. The highest BCUT2D eigenvalue weighted by atomic mass is 16.2. The summed E-state index contributed by atoms with van der Waals surface area (Å²) in [7, 11) is 0. The Kier molecular flexibility index (Phi) is 3.37. The van der Waals surface area contributed by atoms with Crippen molar-refractivity contribution in [1.82, 2.24) is 19.6 Å². The highest BCUT2D eigenvalue weighted by Crippen LogP contribution is 2.13. The molecule has 102 valence electrons. The number of hydrogen-bond acceptors (Lipinski definition) is 4. The highest BCUT2D eigenvalue weighted by molar-refractivity contribution is 5.91. The summed E-state index contributed by atoms with van der Waals surface area (Å²) in [6.07, 6.45) is 0. The van der Waals surface area contributed by atoms with E-state index in [-0.39, 0.29) is 23.3 Å². The summed E-state index contributed by atoms with van der Waals surface area (Å²) in [4.78, 5) is 30.1. The van der Waals surface area contributed by atoms with E-state index in [0.29, 0.717) is 17.4 Å². The van der Waals surface area contributed by atoms with E-state index in [0.717, 1.165) is 0 Å². The SMILES string of the molecule is CC(C)C(=O)Nc1cc(=O)[nH]c2nc(C(C)C)nn12. The molecule has 0 aliphatic heterocycles. The molecule has 0 aliphatic carbocycles. The predicted octanol–water partition coefficient (Wildman–Crippen LogP) is 1.14. The van der Waals surface area contributed by atoms with Crippen LogP contribution in [0.2, 0.25) is 0 Å². The van der Waals surface area contributed by atoms with E-state index in [1.165, 1.54) is 10.6 Å². The Morgan fingerprint density at radius 3 is 2.63 bits per heavy atom. The molecule has 0 unspecified atom stereocenters. The van der Waals surface area contributed by atoms with Crippen molar-refractivity contribution in [3.05, 3.63) is 22.2 Å². The predicted molar refractivity (Wildman–Crippen MR) is 71.2 cm³/mol. The third-order valence-electron chi connectivity index (χ3n) is 2.65. The lowest BCUT2D eigenvalue weighted by molar-refractivity contribution is -0.118. The van der Waals surface area contributed by atoms with Gasteiger partial charge in [0.2, 0.25) is 11.7 Å². The largest absolute Gasteiger partial charge is 0.310 e. The molecule has 2 rings (SSSR count). The highest BCUT2D eigenvalue weighted by Gasteiger charge is 2.14. The maximum atomic E-state index is 11.7. The molecule has 0 fully saturated rings. The number of aromatic nitrogens is 4.